The largest absolute Gasteiger partial charge is 0.486 e. The molecule has 144 valence electrons. The second kappa shape index (κ2) is 8.65. The van der Waals surface area contributed by atoms with E-state index in [0.29, 0.717) is 28.6 Å². The van der Waals surface area contributed by atoms with E-state index in [0.717, 1.165) is 27.1 Å². The van der Waals surface area contributed by atoms with E-state index in [2.05, 4.69) is 9.97 Å². The van der Waals surface area contributed by atoms with Gasteiger partial charge in [0.2, 0.25) is 0 Å². The average molecular weight is 450 g/mol. The summed E-state index contributed by atoms with van der Waals surface area (Å²) >= 11 is 10.4. The van der Waals surface area contributed by atoms with E-state index in [4.69, 9.17) is 16.3 Å². The van der Waals surface area contributed by atoms with Crippen LogP contribution in [0.15, 0.2) is 51.0 Å². The number of thiazole rings is 1. The smallest absolute Gasteiger partial charge is 0.272 e. The number of hydrogen-bond acceptors (Lipinski definition) is 7. The lowest BCUT2D eigenvalue weighted by molar-refractivity contribution is 0.305. The van der Waals surface area contributed by atoms with E-state index in [1.54, 1.807) is 28.0 Å². The second-order valence-corrected chi connectivity index (χ2v) is 9.08. The lowest BCUT2D eigenvalue weighted by Gasteiger charge is -2.08. The van der Waals surface area contributed by atoms with Crippen LogP contribution in [0.4, 0.5) is 0 Å². The number of rotatable bonds is 7. The molecular weight excluding hydrogens is 434 g/mol. The van der Waals surface area contributed by atoms with E-state index < -0.39 is 0 Å². The average Bonchev–Trinajstić information content (AvgIpc) is 3.35. The molecular formula is C19H16ClN3O2S3. The third-order valence-electron chi connectivity index (χ3n) is 3.97. The first-order valence-corrected chi connectivity index (χ1v) is 11.7. The minimum absolute atomic E-state index is 0.0281. The topological polar surface area (TPSA) is 57.0 Å². The number of benzene rings is 1. The van der Waals surface area contributed by atoms with Gasteiger partial charge in [-0.25, -0.2) is 9.97 Å². The van der Waals surface area contributed by atoms with Crippen molar-refractivity contribution in [3.05, 3.63) is 67.2 Å². The summed E-state index contributed by atoms with van der Waals surface area (Å²) in [5.41, 5.74) is 1.74. The molecule has 4 rings (SSSR count). The highest BCUT2D eigenvalue weighted by Gasteiger charge is 2.12. The van der Waals surface area contributed by atoms with Crippen LogP contribution in [-0.2, 0) is 18.9 Å². The van der Waals surface area contributed by atoms with Crippen LogP contribution in [0.25, 0.3) is 10.2 Å². The fourth-order valence-corrected chi connectivity index (χ4v) is 5.28. The van der Waals surface area contributed by atoms with Gasteiger partial charge in [-0.15, -0.1) is 22.7 Å². The first-order chi connectivity index (χ1) is 13.6. The fraction of sp³-hybridized carbons (Fsp3) is 0.211. The summed E-state index contributed by atoms with van der Waals surface area (Å²) in [5.74, 6) is 1.41. The van der Waals surface area contributed by atoms with Crippen LogP contribution in [0, 0.1) is 0 Å². The highest BCUT2D eigenvalue weighted by atomic mass is 35.5. The third kappa shape index (κ3) is 4.25. The number of thioether (sulfide) groups is 1. The molecule has 0 amide bonds. The van der Waals surface area contributed by atoms with Crippen LogP contribution >= 0.6 is 46.0 Å². The van der Waals surface area contributed by atoms with Gasteiger partial charge in [-0.1, -0.05) is 23.4 Å². The molecule has 0 fully saturated rings. The summed E-state index contributed by atoms with van der Waals surface area (Å²) in [6.45, 7) is 2.97. The monoisotopic (exact) mass is 449 g/mol. The van der Waals surface area contributed by atoms with Gasteiger partial charge in [0.05, 0.1) is 11.2 Å². The van der Waals surface area contributed by atoms with Gasteiger partial charge in [0.1, 0.15) is 22.1 Å². The molecule has 4 aromatic rings. The molecule has 0 aliphatic rings. The van der Waals surface area contributed by atoms with Gasteiger partial charge in [-0.3, -0.25) is 9.36 Å². The van der Waals surface area contributed by atoms with Crippen LogP contribution in [0.1, 0.15) is 17.6 Å². The molecule has 0 radical (unpaired) electrons. The number of fused-ring (bicyclic) bond motifs is 1. The SMILES string of the molecule is CCn1c(SCc2csc(COc3ccc(Cl)cc3)n2)nc2ccsc2c1=O. The maximum Gasteiger partial charge on any atom is 0.272 e. The number of ether oxygens (including phenoxy) is 1. The maximum atomic E-state index is 12.6. The van der Waals surface area contributed by atoms with Gasteiger partial charge in [0, 0.05) is 22.7 Å². The van der Waals surface area contributed by atoms with Gasteiger partial charge in [0.25, 0.3) is 5.56 Å². The molecule has 28 heavy (non-hydrogen) atoms. The summed E-state index contributed by atoms with van der Waals surface area (Å²) < 4.78 is 8.17. The summed E-state index contributed by atoms with van der Waals surface area (Å²) in [4.78, 5) is 21.8. The standard InChI is InChI=1S/C19H16ClN3O2S3/c1-2-23-18(24)17-15(7-8-26-17)22-19(23)28-11-13-10-27-16(21-13)9-25-14-5-3-12(20)4-6-14/h3-8,10H,2,9,11H2,1H3. The molecule has 9 heteroatoms. The molecule has 0 aliphatic heterocycles. The highest BCUT2D eigenvalue weighted by Crippen LogP contribution is 2.25. The molecule has 0 N–H and O–H groups in total. The normalized spacial score (nSPS) is 11.2. The van der Waals surface area contributed by atoms with Gasteiger partial charge >= 0.3 is 0 Å². The van der Waals surface area contributed by atoms with Crippen molar-refractivity contribution in [2.24, 2.45) is 0 Å². The van der Waals surface area contributed by atoms with Gasteiger partial charge in [-0.05, 0) is 42.6 Å². The Bertz CT molecular complexity index is 1150. The number of thiophene rings is 1. The molecule has 3 heterocycles. The van der Waals surface area contributed by atoms with Crippen LogP contribution in [-0.4, -0.2) is 14.5 Å². The van der Waals surface area contributed by atoms with Crippen LogP contribution in [0.2, 0.25) is 5.02 Å². The molecule has 3 aromatic heterocycles. The molecule has 1 aromatic carbocycles. The maximum absolute atomic E-state index is 12.6. The summed E-state index contributed by atoms with van der Waals surface area (Å²) in [7, 11) is 0. The Balaban J connectivity index is 1.42. The van der Waals surface area contributed by atoms with Crippen molar-refractivity contribution < 1.29 is 4.74 Å². The second-order valence-electron chi connectivity index (χ2n) is 5.84. The number of aromatic nitrogens is 3. The van der Waals surface area contributed by atoms with E-state index in [1.807, 2.05) is 35.9 Å². The zero-order chi connectivity index (χ0) is 19.5. The Kier molecular flexibility index (Phi) is 6.01. The summed E-state index contributed by atoms with van der Waals surface area (Å²) in [5, 5.41) is 6.23. The van der Waals surface area contributed by atoms with Crippen molar-refractivity contribution in [3.63, 3.8) is 0 Å². The molecule has 0 saturated carbocycles. The number of nitrogens with zero attached hydrogens (tertiary/aromatic N) is 3. The Labute approximate surface area is 179 Å². The summed E-state index contributed by atoms with van der Waals surface area (Å²) in [6.07, 6.45) is 0. The molecule has 0 atom stereocenters. The van der Waals surface area contributed by atoms with Crippen molar-refractivity contribution in [2.75, 3.05) is 0 Å². The summed E-state index contributed by atoms with van der Waals surface area (Å²) in [6, 6.07) is 9.16. The Morgan fingerprint density at radius 3 is 2.79 bits per heavy atom. The molecule has 0 aliphatic carbocycles. The fourth-order valence-electron chi connectivity index (χ4n) is 2.61. The van der Waals surface area contributed by atoms with Crippen LogP contribution < -0.4 is 10.3 Å². The molecule has 0 unspecified atom stereocenters. The van der Waals surface area contributed by atoms with Gasteiger partial charge in [0.15, 0.2) is 5.16 Å². The Hall–Kier alpha value is -1.87. The predicted molar refractivity (Wildman–Crippen MR) is 117 cm³/mol. The minimum atomic E-state index is 0.0281. The van der Waals surface area contributed by atoms with Crippen molar-refractivity contribution in [1.29, 1.82) is 0 Å². The van der Waals surface area contributed by atoms with E-state index in [-0.39, 0.29) is 5.56 Å². The Morgan fingerprint density at radius 2 is 2.00 bits per heavy atom. The molecule has 5 nitrogen and oxygen atoms in total. The van der Waals surface area contributed by atoms with E-state index >= 15 is 0 Å². The molecule has 0 bridgehead atoms. The third-order valence-corrected chi connectivity index (χ3v) is 7.00. The Morgan fingerprint density at radius 1 is 1.18 bits per heavy atom. The van der Waals surface area contributed by atoms with Gasteiger partial charge < -0.3 is 4.74 Å². The zero-order valence-corrected chi connectivity index (χ0v) is 18.1. The first-order valence-electron chi connectivity index (χ1n) is 8.56. The van der Waals surface area contributed by atoms with Crippen molar-refractivity contribution >= 4 is 56.3 Å². The lowest BCUT2D eigenvalue weighted by Crippen LogP contribution is -2.21. The lowest BCUT2D eigenvalue weighted by atomic mass is 10.3. The predicted octanol–water partition coefficient (Wildman–Crippen LogP) is 5.46. The van der Waals surface area contributed by atoms with Crippen molar-refractivity contribution in [1.82, 2.24) is 14.5 Å². The molecule has 0 spiro atoms. The van der Waals surface area contributed by atoms with Crippen molar-refractivity contribution in [3.8, 4) is 5.75 Å². The van der Waals surface area contributed by atoms with Gasteiger partial charge in [-0.2, -0.15) is 0 Å². The van der Waals surface area contributed by atoms with Crippen LogP contribution in [0.5, 0.6) is 5.75 Å². The van der Waals surface area contributed by atoms with E-state index in [9.17, 15) is 4.79 Å². The van der Waals surface area contributed by atoms with Crippen molar-refractivity contribution in [2.45, 2.75) is 31.0 Å². The quantitative estimate of drug-likeness (QED) is 0.277. The molecule has 0 saturated heterocycles. The van der Waals surface area contributed by atoms with Crippen LogP contribution in [0.3, 0.4) is 0 Å². The zero-order valence-electron chi connectivity index (χ0n) is 14.9. The minimum Gasteiger partial charge on any atom is -0.486 e. The first kappa shape index (κ1) is 19.4. The van der Waals surface area contributed by atoms with E-state index in [1.165, 1.54) is 23.1 Å². The number of halogens is 1. The highest BCUT2D eigenvalue weighted by molar-refractivity contribution is 7.98. The number of hydrogen-bond donors (Lipinski definition) is 0.